The molecule has 2 aromatic carbocycles. The maximum absolute atomic E-state index is 12.4. The normalized spacial score (nSPS) is 11.4. The van der Waals surface area contributed by atoms with Gasteiger partial charge in [-0.05, 0) is 24.6 Å². The van der Waals surface area contributed by atoms with Crippen LogP contribution in [-0.2, 0) is 0 Å². The van der Waals surface area contributed by atoms with Gasteiger partial charge >= 0.3 is 6.03 Å². The van der Waals surface area contributed by atoms with Crippen molar-refractivity contribution in [2.45, 2.75) is 13.0 Å². The number of nitrogens with one attached hydrogen (secondary N) is 2. The summed E-state index contributed by atoms with van der Waals surface area (Å²) >= 11 is 0. The van der Waals surface area contributed by atoms with E-state index in [4.69, 9.17) is 5.73 Å². The van der Waals surface area contributed by atoms with E-state index < -0.39 is 6.03 Å². The SMILES string of the molecule is C[C@@H](NC(=O)c1cnc(-c2ccccc2)nc1)c1ccc(NC(N)=O)cc1. The molecular weight excluding hydrogens is 342 g/mol. The van der Waals surface area contributed by atoms with Gasteiger partial charge in [0, 0.05) is 23.6 Å². The van der Waals surface area contributed by atoms with Gasteiger partial charge in [-0.15, -0.1) is 0 Å². The van der Waals surface area contributed by atoms with Crippen molar-refractivity contribution in [2.24, 2.45) is 5.73 Å². The van der Waals surface area contributed by atoms with Gasteiger partial charge in [0.15, 0.2) is 5.82 Å². The smallest absolute Gasteiger partial charge is 0.316 e. The van der Waals surface area contributed by atoms with E-state index in [0.29, 0.717) is 17.1 Å². The lowest BCUT2D eigenvalue weighted by atomic mass is 10.1. The second kappa shape index (κ2) is 8.09. The van der Waals surface area contributed by atoms with E-state index in [1.54, 1.807) is 12.1 Å². The molecule has 136 valence electrons. The number of urea groups is 1. The van der Waals surface area contributed by atoms with Crippen molar-refractivity contribution in [2.75, 3.05) is 5.32 Å². The summed E-state index contributed by atoms with van der Waals surface area (Å²) in [5, 5.41) is 5.39. The zero-order valence-electron chi connectivity index (χ0n) is 14.7. The average molecular weight is 361 g/mol. The van der Waals surface area contributed by atoms with Crippen molar-refractivity contribution in [3.8, 4) is 11.4 Å². The van der Waals surface area contributed by atoms with E-state index in [-0.39, 0.29) is 11.9 Å². The quantitative estimate of drug-likeness (QED) is 0.648. The third-order valence-electron chi connectivity index (χ3n) is 3.97. The fraction of sp³-hybridized carbons (Fsp3) is 0.100. The molecule has 0 unspecified atom stereocenters. The first-order chi connectivity index (χ1) is 13.0. The molecular formula is C20H19N5O2. The van der Waals surface area contributed by atoms with Gasteiger partial charge in [-0.3, -0.25) is 4.79 Å². The highest BCUT2D eigenvalue weighted by Gasteiger charge is 2.13. The van der Waals surface area contributed by atoms with Gasteiger partial charge in [-0.1, -0.05) is 42.5 Å². The summed E-state index contributed by atoms with van der Waals surface area (Å²) in [6, 6.07) is 15.8. The number of nitrogens with two attached hydrogens (primary N) is 1. The van der Waals surface area contributed by atoms with Crippen LogP contribution in [0, 0.1) is 0 Å². The number of primary amides is 1. The van der Waals surface area contributed by atoms with Crippen LogP contribution in [0.1, 0.15) is 28.9 Å². The molecule has 0 saturated carbocycles. The van der Waals surface area contributed by atoms with Crippen molar-refractivity contribution in [3.63, 3.8) is 0 Å². The van der Waals surface area contributed by atoms with Gasteiger partial charge in [0.05, 0.1) is 11.6 Å². The molecule has 0 radical (unpaired) electrons. The number of hydrogen-bond acceptors (Lipinski definition) is 4. The van der Waals surface area contributed by atoms with Crippen LogP contribution < -0.4 is 16.4 Å². The van der Waals surface area contributed by atoms with Crippen LogP contribution in [0.4, 0.5) is 10.5 Å². The van der Waals surface area contributed by atoms with Gasteiger partial charge in [-0.25, -0.2) is 14.8 Å². The molecule has 0 aliphatic heterocycles. The minimum atomic E-state index is -0.622. The monoisotopic (exact) mass is 361 g/mol. The van der Waals surface area contributed by atoms with Crippen LogP contribution in [0.5, 0.6) is 0 Å². The summed E-state index contributed by atoms with van der Waals surface area (Å²) in [5.41, 5.74) is 7.84. The Labute approximate surface area is 156 Å². The molecule has 0 spiro atoms. The zero-order chi connectivity index (χ0) is 19.2. The van der Waals surface area contributed by atoms with Gasteiger partial charge in [0.25, 0.3) is 5.91 Å². The Kier molecular flexibility index (Phi) is 5.41. The highest BCUT2D eigenvalue weighted by atomic mass is 16.2. The lowest BCUT2D eigenvalue weighted by molar-refractivity contribution is 0.0939. The summed E-state index contributed by atoms with van der Waals surface area (Å²) < 4.78 is 0. The minimum absolute atomic E-state index is 0.228. The van der Waals surface area contributed by atoms with E-state index in [0.717, 1.165) is 11.1 Å². The van der Waals surface area contributed by atoms with Gasteiger partial charge in [0.1, 0.15) is 0 Å². The highest BCUT2D eigenvalue weighted by molar-refractivity contribution is 5.94. The molecule has 1 aromatic heterocycles. The van der Waals surface area contributed by atoms with Gasteiger partial charge in [0.2, 0.25) is 0 Å². The second-order valence-corrected chi connectivity index (χ2v) is 5.97. The van der Waals surface area contributed by atoms with Crippen LogP contribution in [-0.4, -0.2) is 21.9 Å². The molecule has 0 fully saturated rings. The van der Waals surface area contributed by atoms with Crippen molar-refractivity contribution in [1.82, 2.24) is 15.3 Å². The maximum Gasteiger partial charge on any atom is 0.316 e. The molecule has 27 heavy (non-hydrogen) atoms. The summed E-state index contributed by atoms with van der Waals surface area (Å²) in [6.45, 7) is 1.87. The molecule has 1 heterocycles. The van der Waals surface area contributed by atoms with Crippen LogP contribution in [0.25, 0.3) is 11.4 Å². The Morgan fingerprint density at radius 3 is 2.19 bits per heavy atom. The van der Waals surface area contributed by atoms with Crippen LogP contribution in [0.15, 0.2) is 67.0 Å². The molecule has 0 aliphatic rings. The van der Waals surface area contributed by atoms with E-state index >= 15 is 0 Å². The Balaban J connectivity index is 1.65. The first kappa shape index (κ1) is 18.1. The molecule has 1 atom stereocenters. The second-order valence-electron chi connectivity index (χ2n) is 5.97. The molecule has 0 saturated heterocycles. The molecule has 7 heteroatoms. The topological polar surface area (TPSA) is 110 Å². The standard InChI is InChI=1S/C20H19N5O2/c1-13(14-7-9-17(10-8-14)25-20(21)27)24-19(26)16-11-22-18(23-12-16)15-5-3-2-4-6-15/h2-13H,1H3,(H,24,26)(H3,21,25,27)/t13-/m1/s1. The number of carbonyl (C=O) groups excluding carboxylic acids is 2. The Bertz CT molecular complexity index is 925. The zero-order valence-corrected chi connectivity index (χ0v) is 14.7. The summed E-state index contributed by atoms with van der Waals surface area (Å²) in [7, 11) is 0. The van der Waals surface area contributed by atoms with Crippen LogP contribution in [0.2, 0.25) is 0 Å². The fourth-order valence-electron chi connectivity index (χ4n) is 2.54. The molecule has 0 aliphatic carbocycles. The first-order valence-corrected chi connectivity index (χ1v) is 8.37. The van der Waals surface area contributed by atoms with Crippen LogP contribution in [0.3, 0.4) is 0 Å². The van der Waals surface area contributed by atoms with E-state index in [2.05, 4.69) is 20.6 Å². The van der Waals surface area contributed by atoms with Crippen molar-refractivity contribution in [3.05, 3.63) is 78.1 Å². The lowest BCUT2D eigenvalue weighted by Gasteiger charge is -2.15. The predicted octanol–water partition coefficient (Wildman–Crippen LogP) is 3.13. The Hall–Kier alpha value is -3.74. The molecule has 0 bridgehead atoms. The number of hydrogen-bond donors (Lipinski definition) is 3. The van der Waals surface area contributed by atoms with E-state index in [9.17, 15) is 9.59 Å². The van der Waals surface area contributed by atoms with Gasteiger partial charge in [-0.2, -0.15) is 0 Å². The average Bonchev–Trinajstić information content (AvgIpc) is 2.69. The summed E-state index contributed by atoms with van der Waals surface area (Å²) in [4.78, 5) is 31.8. The first-order valence-electron chi connectivity index (χ1n) is 8.37. The number of rotatable bonds is 5. The van der Waals surface area contributed by atoms with Crippen molar-refractivity contribution >= 4 is 17.6 Å². The molecule has 3 aromatic rings. The van der Waals surface area contributed by atoms with Crippen molar-refractivity contribution in [1.29, 1.82) is 0 Å². The fourth-order valence-corrected chi connectivity index (χ4v) is 2.54. The minimum Gasteiger partial charge on any atom is -0.351 e. The largest absolute Gasteiger partial charge is 0.351 e. The number of anilines is 1. The third kappa shape index (κ3) is 4.66. The van der Waals surface area contributed by atoms with E-state index in [1.807, 2.05) is 49.4 Å². The lowest BCUT2D eigenvalue weighted by Crippen LogP contribution is -2.27. The van der Waals surface area contributed by atoms with E-state index in [1.165, 1.54) is 12.4 Å². The van der Waals surface area contributed by atoms with Crippen LogP contribution >= 0.6 is 0 Å². The maximum atomic E-state index is 12.4. The summed E-state index contributed by atoms with van der Waals surface area (Å²) in [6.07, 6.45) is 3.02. The molecule has 4 N–H and O–H groups in total. The molecule has 3 amide bonds. The summed E-state index contributed by atoms with van der Waals surface area (Å²) in [5.74, 6) is 0.305. The number of amides is 3. The number of carbonyl (C=O) groups is 2. The predicted molar refractivity (Wildman–Crippen MR) is 103 cm³/mol. The number of nitrogens with zero attached hydrogens (tertiary/aromatic N) is 2. The third-order valence-corrected chi connectivity index (χ3v) is 3.97. The van der Waals surface area contributed by atoms with Crippen molar-refractivity contribution < 1.29 is 9.59 Å². The number of aromatic nitrogens is 2. The van der Waals surface area contributed by atoms with Gasteiger partial charge < -0.3 is 16.4 Å². The molecule has 3 rings (SSSR count). The number of benzene rings is 2. The molecule has 7 nitrogen and oxygen atoms in total. The highest BCUT2D eigenvalue weighted by Crippen LogP contribution is 2.17. The Morgan fingerprint density at radius 2 is 1.59 bits per heavy atom. The Morgan fingerprint density at radius 1 is 0.963 bits per heavy atom.